The van der Waals surface area contributed by atoms with Crippen LogP contribution in [0.15, 0.2) is 48.5 Å². The van der Waals surface area contributed by atoms with Gasteiger partial charge in [-0.1, -0.05) is 23.7 Å². The summed E-state index contributed by atoms with van der Waals surface area (Å²) in [7, 11) is 0. The van der Waals surface area contributed by atoms with Crippen LogP contribution < -0.4 is 0 Å². The van der Waals surface area contributed by atoms with Gasteiger partial charge < -0.3 is 0 Å². The summed E-state index contributed by atoms with van der Waals surface area (Å²) in [5, 5.41) is 7.94. The molecule has 1 aromatic heterocycles. The van der Waals surface area contributed by atoms with Crippen LogP contribution >= 0.6 is 11.6 Å². The van der Waals surface area contributed by atoms with Crippen molar-refractivity contribution in [2.75, 3.05) is 0 Å². The van der Waals surface area contributed by atoms with Crippen molar-refractivity contribution in [3.63, 3.8) is 0 Å². The van der Waals surface area contributed by atoms with Crippen LogP contribution in [0.25, 0.3) is 17.3 Å². The van der Waals surface area contributed by atoms with Crippen molar-refractivity contribution in [2.45, 2.75) is 20.8 Å². The summed E-state index contributed by atoms with van der Waals surface area (Å²) in [4.78, 5) is 12.3. The maximum Gasteiger partial charge on any atom is 0.185 e. The minimum absolute atomic E-state index is 0.0675. The fourth-order valence-corrected chi connectivity index (χ4v) is 2.65. The Morgan fingerprint density at radius 2 is 1.80 bits per heavy atom. The Bertz CT molecular complexity index is 970. The molecule has 0 spiro atoms. The number of nitrogens with zero attached hydrogens (tertiary/aromatic N) is 1. The van der Waals surface area contributed by atoms with E-state index in [1.165, 1.54) is 11.1 Å². The second kappa shape index (κ2) is 7.08. The summed E-state index contributed by atoms with van der Waals surface area (Å²) in [5.74, 6) is -0.0675. The average molecular weight is 351 g/mol. The lowest BCUT2D eigenvalue weighted by atomic mass is 10.0. The van der Waals surface area contributed by atoms with Gasteiger partial charge in [0.25, 0.3) is 0 Å². The second-order valence-electron chi connectivity index (χ2n) is 6.17. The number of rotatable bonds is 4. The molecular formula is C21H19ClN2O. The summed E-state index contributed by atoms with van der Waals surface area (Å²) in [6.07, 6.45) is 3.28. The zero-order chi connectivity index (χ0) is 18.0. The number of halogens is 1. The summed E-state index contributed by atoms with van der Waals surface area (Å²) in [6.45, 7) is 6.05. The smallest absolute Gasteiger partial charge is 0.185 e. The lowest BCUT2D eigenvalue weighted by Crippen LogP contribution is -1.94. The number of H-pyrrole nitrogens is 1. The first kappa shape index (κ1) is 17.2. The highest BCUT2D eigenvalue weighted by molar-refractivity contribution is 6.31. The van der Waals surface area contributed by atoms with Gasteiger partial charge in [-0.2, -0.15) is 5.10 Å². The van der Waals surface area contributed by atoms with Gasteiger partial charge in [0.15, 0.2) is 5.78 Å². The molecule has 3 aromatic rings. The fourth-order valence-electron chi connectivity index (χ4n) is 2.53. The minimum atomic E-state index is -0.0675. The number of aromatic amines is 1. The van der Waals surface area contributed by atoms with Crippen LogP contribution in [0.5, 0.6) is 0 Å². The van der Waals surface area contributed by atoms with Crippen molar-refractivity contribution in [1.82, 2.24) is 10.2 Å². The van der Waals surface area contributed by atoms with Crippen molar-refractivity contribution in [3.8, 4) is 11.3 Å². The van der Waals surface area contributed by atoms with Crippen LogP contribution in [0.2, 0.25) is 5.02 Å². The molecule has 0 unspecified atom stereocenters. The Morgan fingerprint density at radius 3 is 2.52 bits per heavy atom. The Labute approximate surface area is 152 Å². The lowest BCUT2D eigenvalue weighted by molar-refractivity contribution is 0.104. The van der Waals surface area contributed by atoms with E-state index in [0.29, 0.717) is 10.6 Å². The third-order valence-corrected chi connectivity index (χ3v) is 4.68. The number of hydrogen-bond donors (Lipinski definition) is 1. The van der Waals surface area contributed by atoms with Gasteiger partial charge in [-0.25, -0.2) is 0 Å². The molecule has 0 saturated carbocycles. The first-order chi connectivity index (χ1) is 11.9. The molecule has 0 atom stereocenters. The molecule has 1 heterocycles. The maximum absolute atomic E-state index is 12.3. The molecule has 3 rings (SSSR count). The van der Waals surface area contributed by atoms with E-state index in [9.17, 15) is 4.79 Å². The Balaban J connectivity index is 1.78. The van der Waals surface area contributed by atoms with Crippen LogP contribution in [0.1, 0.15) is 32.7 Å². The fraction of sp³-hybridized carbons (Fsp3) is 0.143. The maximum atomic E-state index is 12.3. The number of carbonyl (C=O) groups is 1. The monoisotopic (exact) mass is 350 g/mol. The zero-order valence-corrected chi connectivity index (χ0v) is 15.2. The molecule has 0 aliphatic rings. The second-order valence-corrected chi connectivity index (χ2v) is 6.58. The first-order valence-electron chi connectivity index (χ1n) is 8.05. The largest absolute Gasteiger partial charge is 0.289 e. The molecule has 25 heavy (non-hydrogen) atoms. The molecule has 0 aliphatic heterocycles. The SMILES string of the molecule is Cc1ccc(-c2cc(C=CC(=O)c3ccc(Cl)c(C)c3)[nH]n2)cc1C. The zero-order valence-electron chi connectivity index (χ0n) is 14.4. The number of hydrogen-bond acceptors (Lipinski definition) is 2. The van der Waals surface area contributed by atoms with Gasteiger partial charge in [0.2, 0.25) is 0 Å². The van der Waals surface area contributed by atoms with Gasteiger partial charge in [-0.3, -0.25) is 9.89 Å². The van der Waals surface area contributed by atoms with Crippen LogP contribution in [-0.2, 0) is 0 Å². The topological polar surface area (TPSA) is 45.8 Å². The highest BCUT2D eigenvalue weighted by atomic mass is 35.5. The molecule has 0 amide bonds. The van der Waals surface area contributed by atoms with E-state index >= 15 is 0 Å². The third-order valence-electron chi connectivity index (χ3n) is 4.26. The van der Waals surface area contributed by atoms with E-state index < -0.39 is 0 Å². The van der Waals surface area contributed by atoms with Gasteiger partial charge in [0, 0.05) is 16.1 Å². The third kappa shape index (κ3) is 3.89. The molecule has 0 fully saturated rings. The van der Waals surface area contributed by atoms with Crippen molar-refractivity contribution in [1.29, 1.82) is 0 Å². The standard InChI is InChI=1S/C21H19ClN2O/c1-13-4-5-16(10-14(13)2)20-12-18(23-24-20)7-9-21(25)17-6-8-19(22)15(3)11-17/h4-12H,1-3H3,(H,23,24). The van der Waals surface area contributed by atoms with Gasteiger partial charge >= 0.3 is 0 Å². The van der Waals surface area contributed by atoms with E-state index in [0.717, 1.165) is 22.5 Å². The van der Waals surface area contributed by atoms with Gasteiger partial charge in [0.1, 0.15) is 0 Å². The van der Waals surface area contributed by atoms with Gasteiger partial charge in [-0.15, -0.1) is 0 Å². The van der Waals surface area contributed by atoms with Crippen LogP contribution in [0.3, 0.4) is 0 Å². The number of carbonyl (C=O) groups excluding carboxylic acids is 1. The highest BCUT2D eigenvalue weighted by Crippen LogP contribution is 2.21. The molecule has 3 nitrogen and oxygen atoms in total. The number of ketones is 1. The first-order valence-corrected chi connectivity index (χ1v) is 8.43. The van der Waals surface area contributed by atoms with Crippen molar-refractivity contribution < 1.29 is 4.79 Å². The van der Waals surface area contributed by atoms with Crippen LogP contribution in [-0.4, -0.2) is 16.0 Å². The number of allylic oxidation sites excluding steroid dienone is 1. The Hall–Kier alpha value is -2.65. The molecule has 0 bridgehead atoms. The number of nitrogens with one attached hydrogen (secondary N) is 1. The number of aromatic nitrogens is 2. The molecular weight excluding hydrogens is 332 g/mol. The molecule has 1 N–H and O–H groups in total. The van der Waals surface area contributed by atoms with E-state index in [1.807, 2.05) is 19.1 Å². The number of aryl methyl sites for hydroxylation is 3. The molecule has 2 aromatic carbocycles. The van der Waals surface area contributed by atoms with Crippen molar-refractivity contribution in [3.05, 3.63) is 81.5 Å². The van der Waals surface area contributed by atoms with Crippen LogP contribution in [0.4, 0.5) is 0 Å². The molecule has 4 heteroatoms. The summed E-state index contributed by atoms with van der Waals surface area (Å²) in [6, 6.07) is 13.4. The van der Waals surface area contributed by atoms with E-state index in [2.05, 4.69) is 36.2 Å². The normalized spacial score (nSPS) is 11.2. The van der Waals surface area contributed by atoms with Crippen molar-refractivity contribution in [2.24, 2.45) is 0 Å². The Morgan fingerprint density at radius 1 is 1.00 bits per heavy atom. The van der Waals surface area contributed by atoms with E-state index in [-0.39, 0.29) is 5.78 Å². The van der Waals surface area contributed by atoms with E-state index in [4.69, 9.17) is 11.6 Å². The summed E-state index contributed by atoms with van der Waals surface area (Å²) in [5.41, 5.74) is 6.68. The lowest BCUT2D eigenvalue weighted by Gasteiger charge is -2.01. The minimum Gasteiger partial charge on any atom is -0.289 e. The summed E-state index contributed by atoms with van der Waals surface area (Å²) >= 11 is 6.00. The van der Waals surface area contributed by atoms with Gasteiger partial charge in [-0.05, 0) is 79.9 Å². The molecule has 0 saturated heterocycles. The predicted molar refractivity (Wildman–Crippen MR) is 103 cm³/mol. The average Bonchev–Trinajstić information content (AvgIpc) is 3.06. The number of benzene rings is 2. The van der Waals surface area contributed by atoms with E-state index in [1.54, 1.807) is 30.4 Å². The predicted octanol–water partition coefficient (Wildman–Crippen LogP) is 5.55. The molecule has 126 valence electrons. The summed E-state index contributed by atoms with van der Waals surface area (Å²) < 4.78 is 0. The quantitative estimate of drug-likeness (QED) is 0.495. The molecule has 0 aliphatic carbocycles. The highest BCUT2D eigenvalue weighted by Gasteiger charge is 2.06. The van der Waals surface area contributed by atoms with Crippen molar-refractivity contribution >= 4 is 23.5 Å². The molecule has 0 radical (unpaired) electrons. The van der Waals surface area contributed by atoms with Gasteiger partial charge in [0.05, 0.1) is 11.4 Å². The Kier molecular flexibility index (Phi) is 4.86. The van der Waals surface area contributed by atoms with Crippen LogP contribution in [0, 0.1) is 20.8 Å².